The van der Waals surface area contributed by atoms with E-state index in [0.29, 0.717) is 15.6 Å². The minimum Gasteiger partial charge on any atom is -0.342 e. The lowest BCUT2D eigenvalue weighted by Crippen LogP contribution is -2.40. The third-order valence-corrected chi connectivity index (χ3v) is 7.80. The number of carbonyl (C=O) groups is 2. The van der Waals surface area contributed by atoms with Crippen LogP contribution < -0.4 is 0 Å². The van der Waals surface area contributed by atoms with Gasteiger partial charge in [0.2, 0.25) is 5.91 Å². The number of thiocarbonyl (C=S) groups is 1. The van der Waals surface area contributed by atoms with Gasteiger partial charge in [-0.1, -0.05) is 54.3 Å². The molecule has 2 fully saturated rings. The fourth-order valence-corrected chi connectivity index (χ4v) is 6.14. The number of benzene rings is 1. The molecule has 0 N–H and O–H groups in total. The SMILES string of the molecule is CN(C(=O)CCN1C(=O)/C(=C\c2ccccc2)SC1=S)C1CCS(=O)(=O)C1. The van der Waals surface area contributed by atoms with Gasteiger partial charge in [0.25, 0.3) is 5.91 Å². The molecule has 2 heterocycles. The first kappa shape index (κ1) is 20.0. The van der Waals surface area contributed by atoms with Gasteiger partial charge in [0.15, 0.2) is 9.84 Å². The first-order valence-corrected chi connectivity index (χ1v) is 11.6. The molecule has 2 saturated heterocycles. The number of amides is 2. The molecule has 144 valence electrons. The van der Waals surface area contributed by atoms with Gasteiger partial charge in [-0.3, -0.25) is 14.5 Å². The van der Waals surface area contributed by atoms with Gasteiger partial charge in [-0.25, -0.2) is 8.42 Å². The summed E-state index contributed by atoms with van der Waals surface area (Å²) in [4.78, 5) is 28.5. The normalized spacial score (nSPS) is 23.2. The molecular weight excluding hydrogens is 404 g/mol. The van der Waals surface area contributed by atoms with E-state index in [2.05, 4.69) is 0 Å². The average molecular weight is 425 g/mol. The van der Waals surface area contributed by atoms with Crippen LogP contribution in [0.5, 0.6) is 0 Å². The molecule has 2 amide bonds. The van der Waals surface area contributed by atoms with E-state index in [1.807, 2.05) is 30.3 Å². The van der Waals surface area contributed by atoms with Crippen molar-refractivity contribution in [2.45, 2.75) is 18.9 Å². The van der Waals surface area contributed by atoms with Crippen molar-refractivity contribution in [1.29, 1.82) is 0 Å². The lowest BCUT2D eigenvalue weighted by molar-refractivity contribution is -0.132. The second-order valence-electron chi connectivity index (χ2n) is 6.56. The molecule has 27 heavy (non-hydrogen) atoms. The van der Waals surface area contributed by atoms with Crippen molar-refractivity contribution in [2.24, 2.45) is 0 Å². The highest BCUT2D eigenvalue weighted by atomic mass is 32.2. The van der Waals surface area contributed by atoms with Crippen molar-refractivity contribution < 1.29 is 18.0 Å². The molecule has 1 unspecified atom stereocenters. The molecule has 0 aliphatic carbocycles. The van der Waals surface area contributed by atoms with Crippen LogP contribution in [0.25, 0.3) is 6.08 Å². The first-order valence-electron chi connectivity index (χ1n) is 8.53. The molecule has 0 saturated carbocycles. The Morgan fingerprint density at radius 3 is 2.70 bits per heavy atom. The monoisotopic (exact) mass is 424 g/mol. The Morgan fingerprint density at radius 2 is 2.07 bits per heavy atom. The number of carbonyl (C=O) groups excluding carboxylic acids is 2. The number of rotatable bonds is 5. The zero-order valence-corrected chi connectivity index (χ0v) is 17.3. The van der Waals surface area contributed by atoms with Crippen molar-refractivity contribution in [3.8, 4) is 0 Å². The maximum absolute atomic E-state index is 12.6. The molecule has 1 aromatic carbocycles. The lowest BCUT2D eigenvalue weighted by atomic mass is 10.2. The van der Waals surface area contributed by atoms with E-state index in [4.69, 9.17) is 12.2 Å². The van der Waals surface area contributed by atoms with Crippen LogP contribution in [0.2, 0.25) is 0 Å². The van der Waals surface area contributed by atoms with Crippen LogP contribution in [0.4, 0.5) is 0 Å². The maximum Gasteiger partial charge on any atom is 0.266 e. The maximum atomic E-state index is 12.6. The second-order valence-corrected chi connectivity index (χ2v) is 10.5. The predicted molar refractivity (Wildman–Crippen MR) is 111 cm³/mol. The highest BCUT2D eigenvalue weighted by molar-refractivity contribution is 8.26. The minimum atomic E-state index is -3.05. The topological polar surface area (TPSA) is 74.8 Å². The third-order valence-electron chi connectivity index (χ3n) is 4.67. The Bertz CT molecular complexity index is 896. The Kier molecular flexibility index (Phi) is 6.02. The van der Waals surface area contributed by atoms with Crippen molar-refractivity contribution in [2.75, 3.05) is 25.1 Å². The summed E-state index contributed by atoms with van der Waals surface area (Å²) in [5.41, 5.74) is 0.913. The number of hydrogen-bond acceptors (Lipinski definition) is 6. The van der Waals surface area contributed by atoms with E-state index in [9.17, 15) is 18.0 Å². The molecule has 0 bridgehead atoms. The Morgan fingerprint density at radius 1 is 1.37 bits per heavy atom. The summed E-state index contributed by atoms with van der Waals surface area (Å²) in [6, 6.07) is 9.21. The molecule has 6 nitrogen and oxygen atoms in total. The average Bonchev–Trinajstić information content (AvgIpc) is 3.12. The largest absolute Gasteiger partial charge is 0.342 e. The fourth-order valence-electron chi connectivity index (χ4n) is 3.06. The van der Waals surface area contributed by atoms with Gasteiger partial charge in [0.1, 0.15) is 4.32 Å². The quantitative estimate of drug-likeness (QED) is 0.531. The molecule has 2 aliphatic heterocycles. The van der Waals surface area contributed by atoms with E-state index >= 15 is 0 Å². The van der Waals surface area contributed by atoms with E-state index in [1.165, 1.54) is 21.6 Å². The summed E-state index contributed by atoms with van der Waals surface area (Å²) in [6.07, 6.45) is 2.36. The fraction of sp³-hybridized carbons (Fsp3) is 0.389. The van der Waals surface area contributed by atoms with Crippen LogP contribution in [-0.4, -0.2) is 65.5 Å². The second kappa shape index (κ2) is 8.12. The molecular formula is C18H20N2O4S3. The number of hydrogen-bond donors (Lipinski definition) is 0. The molecule has 0 radical (unpaired) electrons. The summed E-state index contributed by atoms with van der Waals surface area (Å²) in [7, 11) is -1.43. The summed E-state index contributed by atoms with van der Waals surface area (Å²) in [5, 5.41) is 0. The Hall–Kier alpha value is -1.71. The van der Waals surface area contributed by atoms with Crippen molar-refractivity contribution in [3.63, 3.8) is 0 Å². The highest BCUT2D eigenvalue weighted by Gasteiger charge is 2.35. The Balaban J connectivity index is 1.59. The van der Waals surface area contributed by atoms with Gasteiger partial charge >= 0.3 is 0 Å². The molecule has 0 aromatic heterocycles. The van der Waals surface area contributed by atoms with Crippen LogP contribution in [-0.2, 0) is 19.4 Å². The van der Waals surface area contributed by atoms with E-state index in [0.717, 1.165) is 5.56 Å². The number of sulfone groups is 1. The number of nitrogens with zero attached hydrogens (tertiary/aromatic N) is 2. The van der Waals surface area contributed by atoms with Gasteiger partial charge in [-0.05, 0) is 18.1 Å². The van der Waals surface area contributed by atoms with Crippen molar-refractivity contribution >= 4 is 56.0 Å². The van der Waals surface area contributed by atoms with Gasteiger partial charge < -0.3 is 4.90 Å². The standard InChI is InChI=1S/C18H20N2O4S3/c1-19(14-8-10-27(23,24)12-14)16(21)7-9-20-17(22)15(26-18(20)25)11-13-5-3-2-4-6-13/h2-6,11,14H,7-10,12H2,1H3/b15-11+. The predicted octanol–water partition coefficient (Wildman–Crippen LogP) is 1.92. The van der Waals surface area contributed by atoms with Crippen LogP contribution in [0.15, 0.2) is 35.2 Å². The zero-order valence-electron chi connectivity index (χ0n) is 14.8. The lowest BCUT2D eigenvalue weighted by Gasteiger charge is -2.24. The summed E-state index contributed by atoms with van der Waals surface area (Å²) in [5.74, 6) is -0.254. The minimum absolute atomic E-state index is 0.0100. The van der Waals surface area contributed by atoms with E-state index in [1.54, 1.807) is 13.1 Å². The molecule has 0 spiro atoms. The Labute approximate surface area is 168 Å². The number of thioether (sulfide) groups is 1. The first-order chi connectivity index (χ1) is 12.8. The molecule has 3 rings (SSSR count). The highest BCUT2D eigenvalue weighted by Crippen LogP contribution is 2.32. The third kappa shape index (κ3) is 4.77. The van der Waals surface area contributed by atoms with Gasteiger partial charge in [0, 0.05) is 26.1 Å². The van der Waals surface area contributed by atoms with Crippen LogP contribution in [0.1, 0.15) is 18.4 Å². The van der Waals surface area contributed by atoms with Crippen molar-refractivity contribution in [1.82, 2.24) is 9.80 Å². The van der Waals surface area contributed by atoms with Gasteiger partial charge in [0.05, 0.1) is 16.4 Å². The van der Waals surface area contributed by atoms with Crippen LogP contribution >= 0.6 is 24.0 Å². The summed E-state index contributed by atoms with van der Waals surface area (Å²) < 4.78 is 23.6. The molecule has 1 atom stereocenters. The van der Waals surface area contributed by atoms with Crippen LogP contribution in [0, 0.1) is 0 Å². The molecule has 9 heteroatoms. The van der Waals surface area contributed by atoms with Crippen LogP contribution in [0.3, 0.4) is 0 Å². The van der Waals surface area contributed by atoms with Gasteiger partial charge in [-0.15, -0.1) is 0 Å². The smallest absolute Gasteiger partial charge is 0.266 e. The summed E-state index contributed by atoms with van der Waals surface area (Å²) in [6.45, 7) is 0.194. The zero-order chi connectivity index (χ0) is 19.6. The van der Waals surface area contributed by atoms with Crippen molar-refractivity contribution in [3.05, 3.63) is 40.8 Å². The molecule has 1 aromatic rings. The molecule has 2 aliphatic rings. The van der Waals surface area contributed by atoms with E-state index in [-0.39, 0.29) is 42.3 Å². The van der Waals surface area contributed by atoms with E-state index < -0.39 is 9.84 Å². The summed E-state index contributed by atoms with van der Waals surface area (Å²) >= 11 is 6.52. The van der Waals surface area contributed by atoms with Gasteiger partial charge in [-0.2, -0.15) is 0 Å².